The van der Waals surface area contributed by atoms with Crippen LogP contribution in [0, 0.1) is 0 Å². The van der Waals surface area contributed by atoms with Crippen LogP contribution in [0.5, 0.6) is 0 Å². The summed E-state index contributed by atoms with van der Waals surface area (Å²) in [6.45, 7) is 7.16. The van der Waals surface area contributed by atoms with Crippen molar-refractivity contribution in [1.29, 1.82) is 0 Å². The highest BCUT2D eigenvalue weighted by Crippen LogP contribution is 2.07. The minimum atomic E-state index is -0.504. The summed E-state index contributed by atoms with van der Waals surface area (Å²) in [5.41, 5.74) is 0. The van der Waals surface area contributed by atoms with E-state index in [2.05, 4.69) is 11.9 Å². The third-order valence-corrected chi connectivity index (χ3v) is 2.35. The van der Waals surface area contributed by atoms with E-state index in [4.69, 9.17) is 4.74 Å². The van der Waals surface area contributed by atoms with E-state index < -0.39 is 6.04 Å². The number of amides is 1. The van der Waals surface area contributed by atoms with E-state index in [0.29, 0.717) is 13.0 Å². The molecule has 4 heteroatoms. The molecule has 0 aromatic rings. The topological polar surface area (TPSA) is 55.4 Å². The van der Waals surface area contributed by atoms with E-state index in [-0.39, 0.29) is 11.9 Å². The maximum absolute atomic E-state index is 11.5. The highest BCUT2D eigenvalue weighted by Gasteiger charge is 2.19. The third-order valence-electron chi connectivity index (χ3n) is 2.35. The summed E-state index contributed by atoms with van der Waals surface area (Å²) in [6.07, 6.45) is 6.51. The fraction of sp³-hybridized carbons (Fsp3) is 0.692. The Morgan fingerprint density at radius 1 is 1.35 bits per heavy atom. The quantitative estimate of drug-likeness (QED) is 0.382. The predicted molar refractivity (Wildman–Crippen MR) is 67.5 cm³/mol. The third kappa shape index (κ3) is 8.48. The zero-order valence-corrected chi connectivity index (χ0v) is 10.8. The Hall–Kier alpha value is -1.32. The Morgan fingerprint density at radius 3 is 2.59 bits per heavy atom. The van der Waals surface area contributed by atoms with Gasteiger partial charge in [-0.15, -0.1) is 6.58 Å². The summed E-state index contributed by atoms with van der Waals surface area (Å²) in [6, 6.07) is -0.504. The molecule has 1 unspecified atom stereocenters. The summed E-state index contributed by atoms with van der Waals surface area (Å²) in [4.78, 5) is 22.5. The SMILES string of the molecule is C=CCCCCCC(NC(C)=O)C(=O)OCC. The molecular weight excluding hydrogens is 218 g/mol. The average Bonchev–Trinajstić information content (AvgIpc) is 2.27. The molecule has 0 heterocycles. The summed E-state index contributed by atoms with van der Waals surface area (Å²) >= 11 is 0. The van der Waals surface area contributed by atoms with Crippen molar-refractivity contribution in [1.82, 2.24) is 5.32 Å². The first kappa shape index (κ1) is 15.7. The molecule has 0 aliphatic heterocycles. The van der Waals surface area contributed by atoms with Crippen LogP contribution < -0.4 is 5.32 Å². The van der Waals surface area contributed by atoms with Gasteiger partial charge in [0, 0.05) is 6.92 Å². The number of hydrogen-bond donors (Lipinski definition) is 1. The second-order valence-electron chi connectivity index (χ2n) is 3.93. The summed E-state index contributed by atoms with van der Waals surface area (Å²) in [7, 11) is 0. The number of hydrogen-bond acceptors (Lipinski definition) is 3. The molecule has 1 atom stereocenters. The van der Waals surface area contributed by atoms with Gasteiger partial charge in [0.2, 0.25) is 5.91 Å². The molecule has 0 bridgehead atoms. The van der Waals surface area contributed by atoms with Gasteiger partial charge in [-0.05, 0) is 26.2 Å². The van der Waals surface area contributed by atoms with Gasteiger partial charge in [0.05, 0.1) is 6.61 Å². The molecule has 17 heavy (non-hydrogen) atoms. The highest BCUT2D eigenvalue weighted by molar-refractivity contribution is 5.83. The van der Waals surface area contributed by atoms with Gasteiger partial charge in [-0.3, -0.25) is 4.79 Å². The van der Waals surface area contributed by atoms with Gasteiger partial charge in [0.1, 0.15) is 6.04 Å². The van der Waals surface area contributed by atoms with Gasteiger partial charge in [0.25, 0.3) is 0 Å². The largest absolute Gasteiger partial charge is 0.464 e. The maximum atomic E-state index is 11.5. The Labute approximate surface area is 103 Å². The highest BCUT2D eigenvalue weighted by atomic mass is 16.5. The lowest BCUT2D eigenvalue weighted by atomic mass is 10.1. The fourth-order valence-electron chi connectivity index (χ4n) is 1.55. The van der Waals surface area contributed by atoms with Crippen molar-refractivity contribution in [2.45, 2.75) is 52.0 Å². The fourth-order valence-corrected chi connectivity index (χ4v) is 1.55. The molecule has 0 aromatic carbocycles. The van der Waals surface area contributed by atoms with Crippen LogP contribution in [0.2, 0.25) is 0 Å². The number of allylic oxidation sites excluding steroid dienone is 1. The molecule has 1 amide bonds. The molecule has 0 spiro atoms. The van der Waals surface area contributed by atoms with E-state index in [9.17, 15) is 9.59 Å². The van der Waals surface area contributed by atoms with Crippen molar-refractivity contribution in [2.75, 3.05) is 6.61 Å². The molecule has 0 aromatic heterocycles. The van der Waals surface area contributed by atoms with Gasteiger partial charge in [-0.25, -0.2) is 4.79 Å². The number of nitrogens with one attached hydrogen (secondary N) is 1. The number of carbonyl (C=O) groups is 2. The van der Waals surface area contributed by atoms with E-state index in [1.54, 1.807) is 6.92 Å². The molecule has 0 saturated carbocycles. The van der Waals surface area contributed by atoms with E-state index >= 15 is 0 Å². The van der Waals surface area contributed by atoms with Gasteiger partial charge in [-0.1, -0.05) is 18.9 Å². The van der Waals surface area contributed by atoms with Crippen LogP contribution in [0.1, 0.15) is 46.0 Å². The Kier molecular flexibility index (Phi) is 9.11. The van der Waals surface area contributed by atoms with Crippen molar-refractivity contribution < 1.29 is 14.3 Å². The number of ether oxygens (including phenoxy) is 1. The first-order valence-electron chi connectivity index (χ1n) is 6.16. The number of rotatable bonds is 9. The maximum Gasteiger partial charge on any atom is 0.328 e. The van der Waals surface area contributed by atoms with Crippen LogP contribution in [-0.2, 0) is 14.3 Å². The van der Waals surface area contributed by atoms with Crippen molar-refractivity contribution in [3.8, 4) is 0 Å². The van der Waals surface area contributed by atoms with Crippen molar-refractivity contribution in [2.24, 2.45) is 0 Å². The summed E-state index contributed by atoms with van der Waals surface area (Å²) in [5.74, 6) is -0.541. The Bertz CT molecular complexity index is 251. The van der Waals surface area contributed by atoms with Crippen molar-refractivity contribution in [3.63, 3.8) is 0 Å². The molecule has 1 N–H and O–H groups in total. The lowest BCUT2D eigenvalue weighted by Crippen LogP contribution is -2.40. The van der Waals surface area contributed by atoms with Crippen LogP contribution in [0.15, 0.2) is 12.7 Å². The van der Waals surface area contributed by atoms with E-state index in [1.165, 1.54) is 6.92 Å². The van der Waals surface area contributed by atoms with E-state index in [0.717, 1.165) is 25.7 Å². The first-order chi connectivity index (χ1) is 8.11. The zero-order valence-electron chi connectivity index (χ0n) is 10.8. The molecule has 0 saturated heterocycles. The van der Waals surface area contributed by atoms with Crippen LogP contribution >= 0.6 is 0 Å². The van der Waals surface area contributed by atoms with Gasteiger partial charge in [-0.2, -0.15) is 0 Å². The van der Waals surface area contributed by atoms with Crippen molar-refractivity contribution in [3.05, 3.63) is 12.7 Å². The van der Waals surface area contributed by atoms with Gasteiger partial charge >= 0.3 is 5.97 Å². The number of esters is 1. The second-order valence-corrected chi connectivity index (χ2v) is 3.93. The number of unbranched alkanes of at least 4 members (excludes halogenated alkanes) is 3. The molecule has 0 radical (unpaired) electrons. The van der Waals surface area contributed by atoms with Crippen LogP contribution in [0.25, 0.3) is 0 Å². The Morgan fingerprint density at radius 2 is 2.06 bits per heavy atom. The lowest BCUT2D eigenvalue weighted by molar-refractivity contribution is -0.147. The van der Waals surface area contributed by atoms with Gasteiger partial charge < -0.3 is 10.1 Å². The zero-order chi connectivity index (χ0) is 13.1. The minimum absolute atomic E-state index is 0.200. The number of carbonyl (C=O) groups excluding carboxylic acids is 2. The van der Waals surface area contributed by atoms with Crippen molar-refractivity contribution >= 4 is 11.9 Å². The molecule has 4 nitrogen and oxygen atoms in total. The van der Waals surface area contributed by atoms with Gasteiger partial charge in [0.15, 0.2) is 0 Å². The lowest BCUT2D eigenvalue weighted by Gasteiger charge is -2.15. The normalized spacial score (nSPS) is 11.6. The smallest absolute Gasteiger partial charge is 0.328 e. The Balaban J connectivity index is 3.96. The molecule has 0 fully saturated rings. The van der Waals surface area contributed by atoms with Crippen LogP contribution in [-0.4, -0.2) is 24.5 Å². The van der Waals surface area contributed by atoms with Crippen LogP contribution in [0.3, 0.4) is 0 Å². The molecule has 0 rings (SSSR count). The van der Waals surface area contributed by atoms with Crippen LogP contribution in [0.4, 0.5) is 0 Å². The summed E-state index contributed by atoms with van der Waals surface area (Å²) in [5, 5.41) is 2.62. The molecule has 98 valence electrons. The molecular formula is C13H23NO3. The molecule has 0 aliphatic carbocycles. The van der Waals surface area contributed by atoms with E-state index in [1.807, 2.05) is 6.08 Å². The predicted octanol–water partition coefficient (Wildman–Crippen LogP) is 2.19. The first-order valence-corrected chi connectivity index (χ1v) is 6.16. The minimum Gasteiger partial charge on any atom is -0.464 e. The molecule has 0 aliphatic rings. The standard InChI is InChI=1S/C13H23NO3/c1-4-6-7-8-9-10-12(14-11(3)15)13(16)17-5-2/h4,12H,1,5-10H2,2-3H3,(H,14,15). The average molecular weight is 241 g/mol. The summed E-state index contributed by atoms with van der Waals surface area (Å²) < 4.78 is 4.91. The second kappa shape index (κ2) is 9.87. The monoisotopic (exact) mass is 241 g/mol.